The van der Waals surface area contributed by atoms with Crippen LogP contribution in [-0.4, -0.2) is 30.5 Å². The summed E-state index contributed by atoms with van der Waals surface area (Å²) in [6, 6.07) is 0. The van der Waals surface area contributed by atoms with Crippen molar-refractivity contribution in [3.63, 3.8) is 0 Å². The molecule has 0 aromatic heterocycles. The van der Waals surface area contributed by atoms with Gasteiger partial charge in [-0.3, -0.25) is 4.79 Å². The van der Waals surface area contributed by atoms with E-state index >= 15 is 0 Å². The molecule has 4 nitrogen and oxygen atoms in total. The van der Waals surface area contributed by atoms with Crippen LogP contribution in [0.4, 0.5) is 0 Å². The minimum absolute atomic E-state index is 0.430. The first kappa shape index (κ1) is 15.3. The number of carboxylic acids is 1. The molecule has 1 N–H and O–H groups in total. The second-order valence-corrected chi connectivity index (χ2v) is 8.04. The number of carboxylic acid groups (broad SMARTS) is 1. The largest absolute Gasteiger partial charge is 0.480 e. The summed E-state index contributed by atoms with van der Waals surface area (Å²) in [6.07, 6.45) is 14.3. The van der Waals surface area contributed by atoms with Crippen LogP contribution in [0.1, 0.15) is 38.5 Å². The fraction of sp³-hybridized carbons (Fsp3) is 0.667. The SMILES string of the molecule is O=C(O)CS(=O)(=O)C1C=CC(CC2C=CCCC2)CC1. The van der Waals surface area contributed by atoms with Crippen molar-refractivity contribution in [1.29, 1.82) is 0 Å². The molecule has 0 aromatic carbocycles. The number of rotatable bonds is 5. The first-order valence-electron chi connectivity index (χ1n) is 7.26. The van der Waals surface area contributed by atoms with E-state index in [1.807, 2.05) is 6.08 Å². The summed E-state index contributed by atoms with van der Waals surface area (Å²) in [5.41, 5.74) is 0. The lowest BCUT2D eigenvalue weighted by molar-refractivity contribution is -0.134. The third kappa shape index (κ3) is 4.20. The molecule has 0 amide bonds. The fourth-order valence-corrected chi connectivity index (χ4v) is 4.48. The molecule has 0 spiro atoms. The maximum absolute atomic E-state index is 11.8. The summed E-state index contributed by atoms with van der Waals surface area (Å²) in [6.45, 7) is 0. The summed E-state index contributed by atoms with van der Waals surface area (Å²) < 4.78 is 23.7. The standard InChI is InChI=1S/C15H22O4S/c16-15(17)11-20(18,19)14-8-6-13(7-9-14)10-12-4-2-1-3-5-12/h2,4,6,8,12-14H,1,3,5,7,9-11H2,(H,16,17). The molecule has 0 radical (unpaired) electrons. The van der Waals surface area contributed by atoms with E-state index in [-0.39, 0.29) is 0 Å². The lowest BCUT2D eigenvalue weighted by atomic mass is 9.83. The third-order valence-corrected chi connectivity index (χ3v) is 6.13. The van der Waals surface area contributed by atoms with Crippen LogP contribution in [-0.2, 0) is 14.6 Å². The normalized spacial score (nSPS) is 30.3. The summed E-state index contributed by atoms with van der Waals surface area (Å²) in [4.78, 5) is 10.6. The fourth-order valence-electron chi connectivity index (χ4n) is 3.09. The van der Waals surface area contributed by atoms with Crippen molar-refractivity contribution < 1.29 is 18.3 Å². The molecule has 0 saturated heterocycles. The Labute approximate surface area is 120 Å². The Balaban J connectivity index is 1.91. The van der Waals surface area contributed by atoms with Crippen LogP contribution in [0.2, 0.25) is 0 Å². The van der Waals surface area contributed by atoms with Gasteiger partial charge in [0.05, 0.1) is 5.25 Å². The van der Waals surface area contributed by atoms with Crippen LogP contribution < -0.4 is 0 Å². The van der Waals surface area contributed by atoms with Crippen LogP contribution in [0.15, 0.2) is 24.3 Å². The number of aliphatic carboxylic acids is 1. The van der Waals surface area contributed by atoms with Gasteiger partial charge < -0.3 is 5.11 Å². The van der Waals surface area contributed by atoms with Gasteiger partial charge in [0.1, 0.15) is 5.75 Å². The molecule has 0 bridgehead atoms. The van der Waals surface area contributed by atoms with E-state index in [4.69, 9.17) is 5.11 Å². The van der Waals surface area contributed by atoms with E-state index in [1.165, 1.54) is 19.3 Å². The van der Waals surface area contributed by atoms with Gasteiger partial charge in [0.15, 0.2) is 9.84 Å². The van der Waals surface area contributed by atoms with Gasteiger partial charge in [-0.2, -0.15) is 0 Å². The van der Waals surface area contributed by atoms with Gasteiger partial charge in [-0.05, 0) is 50.4 Å². The zero-order chi connectivity index (χ0) is 14.6. The molecule has 20 heavy (non-hydrogen) atoms. The Morgan fingerprint density at radius 3 is 2.40 bits per heavy atom. The average Bonchev–Trinajstić information content (AvgIpc) is 2.39. The molecule has 5 heteroatoms. The Bertz CT molecular complexity index is 504. The van der Waals surface area contributed by atoms with Gasteiger partial charge in [0.25, 0.3) is 0 Å². The number of hydrogen-bond donors (Lipinski definition) is 1. The van der Waals surface area contributed by atoms with Gasteiger partial charge in [-0.25, -0.2) is 8.42 Å². The molecule has 0 heterocycles. The summed E-state index contributed by atoms with van der Waals surface area (Å²) >= 11 is 0. The van der Waals surface area contributed by atoms with E-state index in [2.05, 4.69) is 12.2 Å². The quantitative estimate of drug-likeness (QED) is 0.792. The van der Waals surface area contributed by atoms with E-state index in [0.29, 0.717) is 18.3 Å². The van der Waals surface area contributed by atoms with Crippen LogP contribution in [0, 0.1) is 11.8 Å². The monoisotopic (exact) mass is 298 g/mol. The lowest BCUT2D eigenvalue weighted by Crippen LogP contribution is -2.29. The van der Waals surface area contributed by atoms with Gasteiger partial charge >= 0.3 is 5.97 Å². The van der Waals surface area contributed by atoms with Crippen molar-refractivity contribution >= 4 is 15.8 Å². The van der Waals surface area contributed by atoms with Crippen molar-refractivity contribution in [2.24, 2.45) is 11.8 Å². The smallest absolute Gasteiger partial charge is 0.318 e. The molecule has 2 rings (SSSR count). The van der Waals surface area contributed by atoms with Crippen LogP contribution in [0.5, 0.6) is 0 Å². The van der Waals surface area contributed by atoms with Crippen LogP contribution >= 0.6 is 0 Å². The van der Waals surface area contributed by atoms with E-state index in [0.717, 1.165) is 12.8 Å². The zero-order valence-electron chi connectivity index (χ0n) is 11.6. The predicted molar refractivity (Wildman–Crippen MR) is 78.2 cm³/mol. The van der Waals surface area contributed by atoms with Crippen molar-refractivity contribution in [2.75, 3.05) is 5.75 Å². The van der Waals surface area contributed by atoms with Gasteiger partial charge in [0.2, 0.25) is 0 Å². The van der Waals surface area contributed by atoms with Gasteiger partial charge in [-0.15, -0.1) is 0 Å². The molecular weight excluding hydrogens is 276 g/mol. The molecule has 0 saturated carbocycles. The maximum Gasteiger partial charge on any atom is 0.318 e. The summed E-state index contributed by atoms with van der Waals surface area (Å²) in [7, 11) is -3.54. The molecule has 2 aliphatic carbocycles. The molecule has 3 atom stereocenters. The summed E-state index contributed by atoms with van der Waals surface area (Å²) in [5, 5.41) is 8.02. The molecule has 112 valence electrons. The number of carbonyl (C=O) groups is 1. The van der Waals surface area contributed by atoms with Gasteiger partial charge in [-0.1, -0.05) is 24.3 Å². The maximum atomic E-state index is 11.8. The Morgan fingerprint density at radius 1 is 1.10 bits per heavy atom. The Hall–Kier alpha value is -1.10. The second-order valence-electron chi connectivity index (χ2n) is 5.82. The van der Waals surface area contributed by atoms with Crippen LogP contribution in [0.3, 0.4) is 0 Å². The molecule has 0 aromatic rings. The zero-order valence-corrected chi connectivity index (χ0v) is 12.4. The lowest BCUT2D eigenvalue weighted by Gasteiger charge is -2.26. The summed E-state index contributed by atoms with van der Waals surface area (Å²) in [5.74, 6) is -0.990. The van der Waals surface area contributed by atoms with Crippen molar-refractivity contribution in [3.8, 4) is 0 Å². The Kier molecular flexibility index (Phi) is 5.02. The van der Waals surface area contributed by atoms with Crippen molar-refractivity contribution in [1.82, 2.24) is 0 Å². The highest BCUT2D eigenvalue weighted by Gasteiger charge is 2.29. The molecule has 3 unspecified atom stereocenters. The molecule has 0 fully saturated rings. The molecule has 2 aliphatic rings. The van der Waals surface area contributed by atoms with Crippen molar-refractivity contribution in [2.45, 2.75) is 43.8 Å². The average molecular weight is 298 g/mol. The minimum atomic E-state index is -3.54. The first-order valence-corrected chi connectivity index (χ1v) is 8.97. The van der Waals surface area contributed by atoms with Crippen molar-refractivity contribution in [3.05, 3.63) is 24.3 Å². The third-order valence-electron chi connectivity index (χ3n) is 4.17. The minimum Gasteiger partial charge on any atom is -0.480 e. The molecule has 0 aliphatic heterocycles. The Morgan fingerprint density at radius 2 is 1.85 bits per heavy atom. The highest BCUT2D eigenvalue weighted by molar-refractivity contribution is 7.92. The van der Waals surface area contributed by atoms with E-state index < -0.39 is 26.8 Å². The predicted octanol–water partition coefficient (Wildman–Crippen LogP) is 2.57. The number of sulfone groups is 1. The van der Waals surface area contributed by atoms with Gasteiger partial charge in [0, 0.05) is 0 Å². The first-order chi connectivity index (χ1) is 9.47. The highest BCUT2D eigenvalue weighted by atomic mass is 32.2. The number of allylic oxidation sites excluding steroid dienone is 3. The highest BCUT2D eigenvalue weighted by Crippen LogP contribution is 2.31. The van der Waals surface area contributed by atoms with Crippen LogP contribution in [0.25, 0.3) is 0 Å². The van der Waals surface area contributed by atoms with E-state index in [9.17, 15) is 13.2 Å². The molecular formula is C15H22O4S. The number of hydrogen-bond acceptors (Lipinski definition) is 3. The van der Waals surface area contributed by atoms with E-state index in [1.54, 1.807) is 6.08 Å². The second kappa shape index (κ2) is 6.57. The topological polar surface area (TPSA) is 71.4 Å².